The zero-order valence-electron chi connectivity index (χ0n) is 13.1. The van der Waals surface area contributed by atoms with Crippen LogP contribution in [0.5, 0.6) is 0 Å². The molecule has 0 fully saturated rings. The Morgan fingerprint density at radius 1 is 1.12 bits per heavy atom. The van der Waals surface area contributed by atoms with Crippen molar-refractivity contribution in [2.45, 2.75) is 19.3 Å². The van der Waals surface area contributed by atoms with Gasteiger partial charge in [0.05, 0.1) is 5.69 Å². The second-order valence-corrected chi connectivity index (χ2v) is 5.86. The molecule has 25 heavy (non-hydrogen) atoms. The van der Waals surface area contributed by atoms with Crippen LogP contribution in [-0.4, -0.2) is 11.8 Å². The number of hydrogen-bond donors (Lipinski definition) is 2. The van der Waals surface area contributed by atoms with E-state index in [4.69, 9.17) is 0 Å². The van der Waals surface area contributed by atoms with Crippen LogP contribution in [0.15, 0.2) is 36.4 Å². The Labute approximate surface area is 142 Å². The van der Waals surface area contributed by atoms with Crippen molar-refractivity contribution in [2.24, 2.45) is 5.92 Å². The molecule has 4 nitrogen and oxygen atoms in total. The number of hydrogen-bond acceptors (Lipinski definition) is 2. The zero-order valence-corrected chi connectivity index (χ0v) is 13.1. The Kier molecular flexibility index (Phi) is 4.74. The number of nitrogens with one attached hydrogen (secondary N) is 2. The van der Waals surface area contributed by atoms with Crippen molar-refractivity contribution in [3.8, 4) is 0 Å². The van der Waals surface area contributed by atoms with E-state index in [0.717, 1.165) is 23.4 Å². The van der Waals surface area contributed by atoms with Gasteiger partial charge in [0.15, 0.2) is 17.5 Å². The van der Waals surface area contributed by atoms with Gasteiger partial charge < -0.3 is 10.6 Å². The van der Waals surface area contributed by atoms with E-state index < -0.39 is 29.0 Å². The Morgan fingerprint density at radius 3 is 2.68 bits per heavy atom. The van der Waals surface area contributed by atoms with Gasteiger partial charge in [-0.3, -0.25) is 9.59 Å². The first-order chi connectivity index (χ1) is 12.0. The van der Waals surface area contributed by atoms with Crippen LogP contribution >= 0.6 is 0 Å². The van der Waals surface area contributed by atoms with Gasteiger partial charge in [0.25, 0.3) is 0 Å². The molecule has 0 saturated carbocycles. The third-order valence-electron chi connectivity index (χ3n) is 4.14. The van der Waals surface area contributed by atoms with Gasteiger partial charge in [-0.15, -0.1) is 0 Å². The molecule has 0 bridgehead atoms. The van der Waals surface area contributed by atoms with E-state index >= 15 is 0 Å². The number of anilines is 2. The molecule has 0 radical (unpaired) electrons. The van der Waals surface area contributed by atoms with E-state index in [1.165, 1.54) is 0 Å². The quantitative estimate of drug-likeness (QED) is 0.829. The standard InChI is InChI=1S/C18H15F3N2O2/c19-12-6-7-14(17(21)16(12)20)22-15(24)8-5-11-9-10-3-1-2-4-13(10)23-18(11)25/h1-4,6-7,11H,5,8-9H2,(H,22,24)(H,23,25)/t11-/m0/s1. The van der Waals surface area contributed by atoms with Crippen LogP contribution in [0.25, 0.3) is 0 Å². The molecular formula is C18H15F3N2O2. The normalized spacial score (nSPS) is 16.1. The lowest BCUT2D eigenvalue weighted by atomic mass is 9.89. The highest BCUT2D eigenvalue weighted by atomic mass is 19.2. The lowest BCUT2D eigenvalue weighted by Gasteiger charge is -2.24. The molecule has 0 unspecified atom stereocenters. The number of carbonyl (C=O) groups is 2. The van der Waals surface area contributed by atoms with Gasteiger partial charge in [-0.2, -0.15) is 0 Å². The van der Waals surface area contributed by atoms with Crippen LogP contribution in [0.2, 0.25) is 0 Å². The van der Waals surface area contributed by atoms with Crippen LogP contribution in [0, 0.1) is 23.4 Å². The van der Waals surface area contributed by atoms with Crippen molar-refractivity contribution in [2.75, 3.05) is 10.6 Å². The summed E-state index contributed by atoms with van der Waals surface area (Å²) >= 11 is 0. The van der Waals surface area contributed by atoms with E-state index in [-0.39, 0.29) is 24.7 Å². The van der Waals surface area contributed by atoms with Gasteiger partial charge in [0, 0.05) is 18.0 Å². The van der Waals surface area contributed by atoms with Gasteiger partial charge in [0.2, 0.25) is 11.8 Å². The fraction of sp³-hybridized carbons (Fsp3) is 0.222. The average Bonchev–Trinajstić information content (AvgIpc) is 2.60. The lowest BCUT2D eigenvalue weighted by molar-refractivity contribution is -0.121. The maximum Gasteiger partial charge on any atom is 0.227 e. The number of benzene rings is 2. The molecule has 130 valence electrons. The molecule has 1 aliphatic rings. The number of halogens is 3. The molecule has 2 N–H and O–H groups in total. The monoisotopic (exact) mass is 348 g/mol. The molecule has 1 heterocycles. The van der Waals surface area contributed by atoms with Crippen molar-refractivity contribution in [3.63, 3.8) is 0 Å². The lowest BCUT2D eigenvalue weighted by Crippen LogP contribution is -2.30. The van der Waals surface area contributed by atoms with Crippen LogP contribution in [0.3, 0.4) is 0 Å². The minimum Gasteiger partial charge on any atom is -0.326 e. The summed E-state index contributed by atoms with van der Waals surface area (Å²) in [4.78, 5) is 24.0. The minimum atomic E-state index is -1.64. The van der Waals surface area contributed by atoms with Crippen molar-refractivity contribution < 1.29 is 22.8 Å². The van der Waals surface area contributed by atoms with Gasteiger partial charge in [0.1, 0.15) is 0 Å². The Morgan fingerprint density at radius 2 is 1.88 bits per heavy atom. The van der Waals surface area contributed by atoms with Gasteiger partial charge >= 0.3 is 0 Å². The first-order valence-electron chi connectivity index (χ1n) is 7.78. The Balaban J connectivity index is 1.60. The summed E-state index contributed by atoms with van der Waals surface area (Å²) in [7, 11) is 0. The number of carbonyl (C=O) groups excluding carboxylic acids is 2. The highest BCUT2D eigenvalue weighted by Crippen LogP contribution is 2.28. The molecule has 0 aromatic heterocycles. The number of fused-ring (bicyclic) bond motifs is 1. The van der Waals surface area contributed by atoms with Crippen molar-refractivity contribution in [1.82, 2.24) is 0 Å². The Hall–Kier alpha value is -2.83. The highest BCUT2D eigenvalue weighted by molar-refractivity contribution is 5.96. The van der Waals surface area contributed by atoms with Crippen LogP contribution in [0.1, 0.15) is 18.4 Å². The topological polar surface area (TPSA) is 58.2 Å². The molecule has 7 heteroatoms. The SMILES string of the molecule is O=C(CC[C@H]1Cc2ccccc2NC1=O)Nc1ccc(F)c(F)c1F. The van der Waals surface area contributed by atoms with E-state index in [1.807, 2.05) is 24.3 Å². The fourth-order valence-electron chi connectivity index (χ4n) is 2.79. The predicted octanol–water partition coefficient (Wildman–Crippen LogP) is 3.63. The molecule has 3 rings (SSSR count). The molecule has 0 saturated heterocycles. The first kappa shape index (κ1) is 17.0. The van der Waals surface area contributed by atoms with E-state index in [9.17, 15) is 22.8 Å². The minimum absolute atomic E-state index is 0.0430. The van der Waals surface area contributed by atoms with Crippen molar-refractivity contribution in [1.29, 1.82) is 0 Å². The Bertz CT molecular complexity index is 839. The largest absolute Gasteiger partial charge is 0.326 e. The van der Waals surface area contributed by atoms with Crippen molar-refractivity contribution in [3.05, 3.63) is 59.4 Å². The van der Waals surface area contributed by atoms with Crippen molar-refractivity contribution >= 4 is 23.2 Å². The molecule has 1 aliphatic heterocycles. The van der Waals surface area contributed by atoms with Crippen LogP contribution in [0.4, 0.5) is 24.5 Å². The molecular weight excluding hydrogens is 333 g/mol. The summed E-state index contributed by atoms with van der Waals surface area (Å²) in [5.74, 6) is -5.54. The number of para-hydroxylation sites is 1. The average molecular weight is 348 g/mol. The zero-order chi connectivity index (χ0) is 18.0. The molecule has 1 atom stereocenters. The van der Waals surface area contributed by atoms with E-state index in [0.29, 0.717) is 6.42 Å². The third kappa shape index (κ3) is 3.65. The van der Waals surface area contributed by atoms with E-state index in [2.05, 4.69) is 10.6 Å². The molecule has 2 aromatic carbocycles. The van der Waals surface area contributed by atoms with E-state index in [1.54, 1.807) is 0 Å². The summed E-state index contributed by atoms with van der Waals surface area (Å²) in [6.07, 6.45) is 0.727. The molecule has 2 aromatic rings. The van der Waals surface area contributed by atoms with Crippen LogP contribution in [-0.2, 0) is 16.0 Å². The van der Waals surface area contributed by atoms with Gasteiger partial charge in [-0.1, -0.05) is 18.2 Å². The summed E-state index contributed by atoms with van der Waals surface area (Å²) in [6.45, 7) is 0. The molecule has 2 amide bonds. The summed E-state index contributed by atoms with van der Waals surface area (Å²) in [5, 5.41) is 4.98. The molecule has 0 aliphatic carbocycles. The maximum absolute atomic E-state index is 13.6. The summed E-state index contributed by atoms with van der Waals surface area (Å²) in [5.41, 5.74) is 1.32. The maximum atomic E-state index is 13.6. The third-order valence-corrected chi connectivity index (χ3v) is 4.14. The molecule has 0 spiro atoms. The highest BCUT2D eigenvalue weighted by Gasteiger charge is 2.26. The van der Waals surface area contributed by atoms with Gasteiger partial charge in [-0.05, 0) is 36.6 Å². The first-order valence-corrected chi connectivity index (χ1v) is 7.78. The fourth-order valence-corrected chi connectivity index (χ4v) is 2.79. The number of rotatable bonds is 4. The second-order valence-electron chi connectivity index (χ2n) is 5.86. The number of amides is 2. The smallest absolute Gasteiger partial charge is 0.227 e. The summed E-state index contributed by atoms with van der Waals surface area (Å²) in [6, 6.07) is 9.09. The van der Waals surface area contributed by atoms with Crippen LogP contribution < -0.4 is 10.6 Å². The van der Waals surface area contributed by atoms with Gasteiger partial charge in [-0.25, -0.2) is 13.2 Å². The predicted molar refractivity (Wildman–Crippen MR) is 86.4 cm³/mol. The summed E-state index contributed by atoms with van der Waals surface area (Å²) < 4.78 is 39.6. The second kappa shape index (κ2) is 6.96.